The number of ether oxygens (including phenoxy) is 1. The highest BCUT2D eigenvalue weighted by Crippen LogP contribution is 2.39. The Morgan fingerprint density at radius 3 is 2.21 bits per heavy atom. The second kappa shape index (κ2) is 7.17. The molecule has 0 saturated heterocycles. The fourth-order valence-electron chi connectivity index (χ4n) is 2.44. The summed E-state index contributed by atoms with van der Waals surface area (Å²) in [6.45, 7) is 0.522. The van der Waals surface area contributed by atoms with Gasteiger partial charge in [-0.25, -0.2) is 9.59 Å². The van der Waals surface area contributed by atoms with Gasteiger partial charge in [0.2, 0.25) is 0 Å². The second-order valence-corrected chi connectivity index (χ2v) is 5.95. The van der Waals surface area contributed by atoms with Crippen LogP contribution >= 0.6 is 0 Å². The predicted molar refractivity (Wildman–Crippen MR) is 88.8 cm³/mol. The van der Waals surface area contributed by atoms with Gasteiger partial charge >= 0.3 is 12.1 Å². The molecule has 0 aromatic heterocycles. The number of carboxylic acid groups (broad SMARTS) is 1. The molecule has 1 amide bonds. The zero-order chi connectivity index (χ0) is 16.9. The summed E-state index contributed by atoms with van der Waals surface area (Å²) in [4.78, 5) is 22.5. The molecule has 0 heterocycles. The molecule has 0 unspecified atom stereocenters. The Morgan fingerprint density at radius 1 is 1.00 bits per heavy atom. The molecule has 0 radical (unpaired) electrons. The normalized spacial score (nSPS) is 13.3. The number of carbonyl (C=O) groups is 2. The highest BCUT2D eigenvalue weighted by molar-refractivity contribution is 5.87. The first-order chi connectivity index (χ1) is 11.6. The third kappa shape index (κ3) is 4.35. The van der Waals surface area contributed by atoms with Crippen molar-refractivity contribution >= 4 is 12.1 Å². The molecule has 5 heteroatoms. The first kappa shape index (κ1) is 16.1. The first-order valence-corrected chi connectivity index (χ1v) is 7.93. The van der Waals surface area contributed by atoms with Crippen LogP contribution in [0.4, 0.5) is 4.79 Å². The van der Waals surface area contributed by atoms with E-state index in [-0.39, 0.29) is 12.2 Å². The lowest BCUT2D eigenvalue weighted by atomic mass is 10.1. The Kier molecular flexibility index (Phi) is 4.79. The largest absolute Gasteiger partial charge is 0.478 e. The van der Waals surface area contributed by atoms with Gasteiger partial charge in [-0.05, 0) is 47.6 Å². The molecule has 2 N–H and O–H groups in total. The van der Waals surface area contributed by atoms with Crippen molar-refractivity contribution in [1.82, 2.24) is 5.32 Å². The van der Waals surface area contributed by atoms with E-state index in [2.05, 4.69) is 17.4 Å². The van der Waals surface area contributed by atoms with Crippen molar-refractivity contribution < 1.29 is 19.4 Å². The Labute approximate surface area is 140 Å². The molecule has 24 heavy (non-hydrogen) atoms. The molecule has 3 rings (SSSR count). The summed E-state index contributed by atoms with van der Waals surface area (Å²) in [5.74, 6) is -0.252. The zero-order valence-corrected chi connectivity index (χ0v) is 13.2. The number of hydrogen-bond acceptors (Lipinski definition) is 3. The summed E-state index contributed by atoms with van der Waals surface area (Å²) >= 11 is 0. The molecule has 0 aliphatic heterocycles. The smallest absolute Gasteiger partial charge is 0.407 e. The van der Waals surface area contributed by atoms with E-state index < -0.39 is 12.1 Å². The minimum atomic E-state index is -0.971. The molecular formula is C19H19NO4. The molecule has 5 nitrogen and oxygen atoms in total. The van der Waals surface area contributed by atoms with Crippen LogP contribution in [0.1, 0.15) is 45.8 Å². The van der Waals surface area contributed by atoms with Crippen LogP contribution in [0.2, 0.25) is 0 Å². The number of benzene rings is 2. The Morgan fingerprint density at radius 2 is 1.62 bits per heavy atom. The quantitative estimate of drug-likeness (QED) is 0.849. The highest BCUT2D eigenvalue weighted by atomic mass is 16.5. The fourth-order valence-corrected chi connectivity index (χ4v) is 2.44. The Balaban J connectivity index is 1.42. The van der Waals surface area contributed by atoms with E-state index in [0.717, 1.165) is 17.0 Å². The molecule has 0 bridgehead atoms. The van der Waals surface area contributed by atoms with E-state index >= 15 is 0 Å². The van der Waals surface area contributed by atoms with Gasteiger partial charge in [-0.3, -0.25) is 0 Å². The Hall–Kier alpha value is -2.82. The van der Waals surface area contributed by atoms with Crippen LogP contribution in [-0.4, -0.2) is 17.2 Å². The molecule has 2 aromatic carbocycles. The lowest BCUT2D eigenvalue weighted by Gasteiger charge is -2.08. The van der Waals surface area contributed by atoms with Crippen molar-refractivity contribution in [2.75, 3.05) is 0 Å². The lowest BCUT2D eigenvalue weighted by molar-refractivity contribution is 0.0696. The summed E-state index contributed by atoms with van der Waals surface area (Å²) in [6, 6.07) is 14.5. The number of rotatable bonds is 6. The summed E-state index contributed by atoms with van der Waals surface area (Å²) in [5.41, 5.74) is 3.34. The van der Waals surface area contributed by atoms with Crippen molar-refractivity contribution in [3.63, 3.8) is 0 Å². The maximum Gasteiger partial charge on any atom is 0.407 e. The van der Waals surface area contributed by atoms with Crippen molar-refractivity contribution in [3.8, 4) is 0 Å². The number of carboxylic acids is 1. The molecule has 1 aliphatic carbocycles. The number of carbonyl (C=O) groups excluding carboxylic acids is 1. The number of hydrogen-bond donors (Lipinski definition) is 2. The molecule has 1 fully saturated rings. The Bertz CT molecular complexity index is 718. The average Bonchev–Trinajstić information content (AvgIpc) is 3.44. The van der Waals surface area contributed by atoms with Gasteiger partial charge in [-0.2, -0.15) is 0 Å². The summed E-state index contributed by atoms with van der Waals surface area (Å²) in [6.07, 6.45) is 2.04. The van der Waals surface area contributed by atoms with E-state index in [4.69, 9.17) is 9.84 Å². The standard InChI is InChI=1S/C19H19NO4/c21-18(22)17-7-1-13(2-8-17)11-20-19(23)24-12-14-3-5-15(6-4-14)16-9-10-16/h1-8,16H,9-12H2,(H,20,23)(H,21,22). The van der Waals surface area contributed by atoms with E-state index in [1.54, 1.807) is 12.1 Å². The monoisotopic (exact) mass is 325 g/mol. The number of aromatic carboxylic acids is 1. The highest BCUT2D eigenvalue weighted by Gasteiger charge is 2.22. The van der Waals surface area contributed by atoms with Crippen LogP contribution in [0.25, 0.3) is 0 Å². The fraction of sp³-hybridized carbons (Fsp3) is 0.263. The third-order valence-electron chi connectivity index (χ3n) is 4.04. The molecule has 0 atom stereocenters. The van der Waals surface area contributed by atoms with Gasteiger partial charge in [0.25, 0.3) is 0 Å². The summed E-state index contributed by atoms with van der Waals surface area (Å²) in [7, 11) is 0. The van der Waals surface area contributed by atoms with Crippen molar-refractivity contribution in [3.05, 3.63) is 70.8 Å². The summed E-state index contributed by atoms with van der Waals surface area (Å²) < 4.78 is 5.18. The number of amides is 1. The predicted octanol–water partition coefficient (Wildman–Crippen LogP) is 3.69. The van der Waals surface area contributed by atoms with Gasteiger partial charge < -0.3 is 15.2 Å². The van der Waals surface area contributed by atoms with Crippen LogP contribution in [0.5, 0.6) is 0 Å². The van der Waals surface area contributed by atoms with Gasteiger partial charge in [-0.15, -0.1) is 0 Å². The first-order valence-electron chi connectivity index (χ1n) is 7.93. The summed E-state index contributed by atoms with van der Waals surface area (Å²) in [5, 5.41) is 11.5. The van der Waals surface area contributed by atoms with E-state index in [9.17, 15) is 9.59 Å². The maximum absolute atomic E-state index is 11.7. The van der Waals surface area contributed by atoms with Crippen LogP contribution in [0, 0.1) is 0 Å². The van der Waals surface area contributed by atoms with Crippen molar-refractivity contribution in [1.29, 1.82) is 0 Å². The molecule has 1 aliphatic rings. The third-order valence-corrected chi connectivity index (χ3v) is 4.04. The van der Waals surface area contributed by atoms with Gasteiger partial charge in [-0.1, -0.05) is 36.4 Å². The van der Waals surface area contributed by atoms with E-state index in [1.165, 1.54) is 30.5 Å². The minimum absolute atomic E-state index is 0.218. The minimum Gasteiger partial charge on any atom is -0.478 e. The van der Waals surface area contributed by atoms with Gasteiger partial charge in [0.05, 0.1) is 5.56 Å². The van der Waals surface area contributed by atoms with Crippen LogP contribution in [0.15, 0.2) is 48.5 Å². The SMILES string of the molecule is O=C(NCc1ccc(C(=O)O)cc1)OCc1ccc(C2CC2)cc1. The van der Waals surface area contributed by atoms with Crippen LogP contribution < -0.4 is 5.32 Å². The topological polar surface area (TPSA) is 75.6 Å². The second-order valence-electron chi connectivity index (χ2n) is 5.95. The van der Waals surface area contributed by atoms with E-state index in [0.29, 0.717) is 6.54 Å². The molecule has 0 spiro atoms. The average molecular weight is 325 g/mol. The zero-order valence-electron chi connectivity index (χ0n) is 13.2. The maximum atomic E-state index is 11.7. The van der Waals surface area contributed by atoms with Gasteiger partial charge in [0, 0.05) is 6.54 Å². The van der Waals surface area contributed by atoms with Crippen molar-refractivity contribution in [2.45, 2.75) is 31.9 Å². The molecule has 124 valence electrons. The van der Waals surface area contributed by atoms with Crippen LogP contribution in [0.3, 0.4) is 0 Å². The van der Waals surface area contributed by atoms with Gasteiger partial charge in [0.15, 0.2) is 0 Å². The van der Waals surface area contributed by atoms with Crippen molar-refractivity contribution in [2.24, 2.45) is 0 Å². The van der Waals surface area contributed by atoms with E-state index in [1.807, 2.05) is 12.1 Å². The molecule has 2 aromatic rings. The van der Waals surface area contributed by atoms with Crippen LogP contribution in [-0.2, 0) is 17.9 Å². The van der Waals surface area contributed by atoms with Gasteiger partial charge in [0.1, 0.15) is 6.61 Å². The number of alkyl carbamates (subject to hydrolysis) is 1. The molecule has 1 saturated carbocycles. The lowest BCUT2D eigenvalue weighted by Crippen LogP contribution is -2.23. The molecular weight excluding hydrogens is 306 g/mol. The number of nitrogens with one attached hydrogen (secondary N) is 1.